The normalized spacial score (nSPS) is 23.1. The molecule has 1 aromatic heterocycles. The molecule has 0 radical (unpaired) electrons. The Morgan fingerprint density at radius 3 is 2.54 bits per heavy atom. The number of pyridine rings is 1. The first kappa shape index (κ1) is 46.7. The topological polar surface area (TPSA) is 113 Å². The quantitative estimate of drug-likeness (QED) is 0.0837. The van der Waals surface area contributed by atoms with Crippen molar-refractivity contribution in [2.24, 2.45) is 11.8 Å². The van der Waals surface area contributed by atoms with E-state index in [0.29, 0.717) is 68.9 Å². The number of nitrogens with zero attached hydrogens (tertiary/aromatic N) is 3. The number of anilines is 1. The lowest BCUT2D eigenvalue weighted by Gasteiger charge is -2.47. The smallest absolute Gasteiger partial charge is 0.329 e. The summed E-state index contributed by atoms with van der Waals surface area (Å²) in [5.41, 5.74) is 5.61. The summed E-state index contributed by atoms with van der Waals surface area (Å²) >= 11 is 6.33. The van der Waals surface area contributed by atoms with Crippen molar-refractivity contribution < 1.29 is 28.9 Å². The number of carboxylic acid groups (broad SMARTS) is 1. The third kappa shape index (κ3) is 11.3. The van der Waals surface area contributed by atoms with Crippen molar-refractivity contribution in [2.45, 2.75) is 121 Å². The highest BCUT2D eigenvalue weighted by molar-refractivity contribution is 6.30. The van der Waals surface area contributed by atoms with Gasteiger partial charge in [-0.25, -0.2) is 4.79 Å². The molecule has 1 aliphatic heterocycles. The third-order valence-electron chi connectivity index (χ3n) is 15.0. The van der Waals surface area contributed by atoms with Gasteiger partial charge in [-0.2, -0.15) is 0 Å². The number of aliphatic carboxylic acids is 1. The zero-order valence-electron chi connectivity index (χ0n) is 38.8. The summed E-state index contributed by atoms with van der Waals surface area (Å²) in [5.74, 6) is 2.97. The van der Waals surface area contributed by atoms with E-state index in [1.165, 1.54) is 54.7 Å². The van der Waals surface area contributed by atoms with Crippen molar-refractivity contribution in [2.75, 3.05) is 58.4 Å². The number of carbonyl (C=O) groups excluding carboxylic acids is 1. The second-order valence-electron chi connectivity index (χ2n) is 19.6. The maximum absolute atomic E-state index is 13.2. The lowest BCUT2D eigenvalue weighted by molar-refractivity contribution is -0.144. The van der Waals surface area contributed by atoms with Crippen LogP contribution < -0.4 is 19.5 Å². The Hall–Kier alpha value is -4.80. The maximum atomic E-state index is 13.2. The van der Waals surface area contributed by atoms with Gasteiger partial charge in [0.1, 0.15) is 29.4 Å². The maximum Gasteiger partial charge on any atom is 0.329 e. The van der Waals surface area contributed by atoms with Crippen LogP contribution in [0.2, 0.25) is 5.02 Å². The summed E-state index contributed by atoms with van der Waals surface area (Å²) in [6, 6.07) is 24.1. The number of carboxylic acids is 1. The fourth-order valence-corrected chi connectivity index (χ4v) is 11.5. The van der Waals surface area contributed by atoms with Crippen LogP contribution in [0.4, 0.5) is 5.69 Å². The SMILES string of the molecule is C[C@@H](COc1ccnc2c1[C@H](C)CCC2)C[C@H]1Cc2ccc(OCCCC(=O)N(C)CCc3cccc(OCCN4CCCC4)c3)cc2C12CCC(Nc1cccc(Cl)c1)(C(=O)O)CC2. The number of carbonyl (C=O) groups is 2. The van der Waals surface area contributed by atoms with Crippen LogP contribution in [0.15, 0.2) is 79.0 Å². The average molecular weight is 906 g/mol. The predicted molar refractivity (Wildman–Crippen MR) is 258 cm³/mol. The van der Waals surface area contributed by atoms with Crippen molar-refractivity contribution in [1.82, 2.24) is 14.8 Å². The summed E-state index contributed by atoms with van der Waals surface area (Å²) in [4.78, 5) is 35.3. The first-order valence-electron chi connectivity index (χ1n) is 24.3. The van der Waals surface area contributed by atoms with E-state index in [4.69, 9.17) is 25.8 Å². The molecule has 1 spiro atoms. The molecule has 1 saturated carbocycles. The van der Waals surface area contributed by atoms with Crippen LogP contribution in [0.25, 0.3) is 0 Å². The van der Waals surface area contributed by atoms with Crippen molar-refractivity contribution in [3.05, 3.63) is 112 Å². The van der Waals surface area contributed by atoms with E-state index >= 15 is 0 Å². The van der Waals surface area contributed by atoms with Gasteiger partial charge in [0.15, 0.2) is 0 Å². The van der Waals surface area contributed by atoms with Gasteiger partial charge in [-0.15, -0.1) is 0 Å². The number of likely N-dealkylation sites (tertiary alicyclic amines) is 1. The summed E-state index contributed by atoms with van der Waals surface area (Å²) in [7, 11) is 1.88. The number of nitrogens with one attached hydrogen (secondary N) is 1. The number of benzene rings is 3. The van der Waals surface area contributed by atoms with Gasteiger partial charge in [-0.3, -0.25) is 14.7 Å². The Labute approximate surface area is 391 Å². The molecule has 1 saturated heterocycles. The zero-order valence-corrected chi connectivity index (χ0v) is 39.6. The van der Waals surface area contributed by atoms with E-state index in [-0.39, 0.29) is 17.2 Å². The van der Waals surface area contributed by atoms with E-state index in [1.807, 2.05) is 48.5 Å². The van der Waals surface area contributed by atoms with Gasteiger partial charge >= 0.3 is 5.97 Å². The summed E-state index contributed by atoms with van der Waals surface area (Å²) in [5, 5.41) is 14.7. The van der Waals surface area contributed by atoms with Crippen LogP contribution in [0, 0.1) is 11.8 Å². The minimum Gasteiger partial charge on any atom is -0.494 e. The number of aromatic nitrogens is 1. The molecule has 348 valence electrons. The summed E-state index contributed by atoms with van der Waals surface area (Å²) < 4.78 is 19.1. The molecule has 4 aromatic rings. The number of hydrogen-bond acceptors (Lipinski definition) is 8. The number of halogens is 1. The molecule has 2 N–H and O–H groups in total. The van der Waals surface area contributed by atoms with Gasteiger partial charge in [0.05, 0.1) is 13.2 Å². The van der Waals surface area contributed by atoms with Gasteiger partial charge in [0.25, 0.3) is 0 Å². The molecular weight excluding hydrogens is 836 g/mol. The number of ether oxygens (including phenoxy) is 3. The van der Waals surface area contributed by atoms with Crippen LogP contribution >= 0.6 is 11.6 Å². The molecule has 0 bridgehead atoms. The van der Waals surface area contributed by atoms with Gasteiger partial charge in [0, 0.05) is 54.7 Å². The highest BCUT2D eigenvalue weighted by atomic mass is 35.5. The first-order chi connectivity index (χ1) is 31.5. The van der Waals surface area contributed by atoms with Gasteiger partial charge in [-0.1, -0.05) is 49.7 Å². The minimum absolute atomic E-state index is 0.106. The van der Waals surface area contributed by atoms with Crippen LogP contribution in [0.5, 0.6) is 17.2 Å². The molecule has 3 aliphatic carbocycles. The number of hydrogen-bond donors (Lipinski definition) is 2. The molecule has 10 nitrogen and oxygen atoms in total. The average Bonchev–Trinajstić information content (AvgIpc) is 3.93. The number of likely N-dealkylation sites (N-methyl/N-ethyl adjacent to an activating group) is 1. The summed E-state index contributed by atoms with van der Waals surface area (Å²) in [6.45, 7) is 10.2. The molecule has 3 atom stereocenters. The molecule has 65 heavy (non-hydrogen) atoms. The second-order valence-corrected chi connectivity index (χ2v) is 20.0. The highest BCUT2D eigenvalue weighted by Gasteiger charge is 2.54. The van der Waals surface area contributed by atoms with Crippen molar-refractivity contribution in [3.63, 3.8) is 0 Å². The fourth-order valence-electron chi connectivity index (χ4n) is 11.3. The Morgan fingerprint density at radius 1 is 0.954 bits per heavy atom. The molecular formula is C54H69ClN4O6. The van der Waals surface area contributed by atoms with Crippen molar-refractivity contribution >= 4 is 29.2 Å². The largest absolute Gasteiger partial charge is 0.494 e. The van der Waals surface area contributed by atoms with E-state index < -0.39 is 11.5 Å². The summed E-state index contributed by atoms with van der Waals surface area (Å²) in [6.07, 6.45) is 13.9. The standard InChI is InChI=1S/C54H69ClN4O6/c1-38(37-65-49-19-25-56-48-15-6-10-39(2)51(48)49)32-42-34-41-17-18-46(36-47(41)53(42)21-23-54(24-22-53,52(61)62)57-44-13-8-12-43(55)35-44)63-30-9-16-50(60)58(3)28-20-40-11-7-14-45(33-40)64-31-29-59-26-4-5-27-59/h7-8,11-14,17-19,25,33,35-36,38-39,42,57H,4-6,9-10,15-16,20-24,26-32,34,37H2,1-3H3,(H,61,62)/t38-,39-,42+,53?,54?/m1/s1. The molecule has 3 aromatic carbocycles. The van der Waals surface area contributed by atoms with Gasteiger partial charge in [0.2, 0.25) is 5.91 Å². The molecule has 2 heterocycles. The monoisotopic (exact) mass is 904 g/mol. The Kier molecular flexibility index (Phi) is 15.3. The second kappa shape index (κ2) is 21.2. The third-order valence-corrected chi connectivity index (χ3v) is 15.2. The number of fused-ring (bicyclic) bond motifs is 3. The van der Waals surface area contributed by atoms with Gasteiger partial charge in [-0.05, 0) is 185 Å². The number of aryl methyl sites for hydroxylation is 1. The van der Waals surface area contributed by atoms with Crippen LogP contribution in [-0.4, -0.2) is 90.4 Å². The molecule has 4 aliphatic rings. The van der Waals surface area contributed by atoms with Crippen LogP contribution in [-0.2, 0) is 34.3 Å². The van der Waals surface area contributed by atoms with E-state index in [2.05, 4.69) is 59.4 Å². The van der Waals surface area contributed by atoms with Crippen LogP contribution in [0.3, 0.4) is 0 Å². The zero-order chi connectivity index (χ0) is 45.4. The van der Waals surface area contributed by atoms with Crippen LogP contribution in [0.1, 0.15) is 118 Å². The van der Waals surface area contributed by atoms with E-state index in [1.54, 1.807) is 12.1 Å². The van der Waals surface area contributed by atoms with Crippen molar-refractivity contribution in [3.8, 4) is 17.2 Å². The van der Waals surface area contributed by atoms with E-state index in [0.717, 1.165) is 80.0 Å². The Morgan fingerprint density at radius 2 is 1.74 bits per heavy atom. The minimum atomic E-state index is -1.10. The lowest BCUT2D eigenvalue weighted by Crippen LogP contribution is -2.53. The fraction of sp³-hybridized carbons (Fsp3) is 0.537. The Bertz CT molecular complexity index is 2250. The molecule has 0 unspecified atom stereocenters. The highest BCUT2D eigenvalue weighted by Crippen LogP contribution is 2.57. The lowest BCUT2D eigenvalue weighted by atomic mass is 9.59. The Balaban J connectivity index is 0.888. The van der Waals surface area contributed by atoms with E-state index in [9.17, 15) is 14.7 Å². The molecule has 2 fully saturated rings. The molecule has 1 amide bonds. The van der Waals surface area contributed by atoms with Gasteiger partial charge < -0.3 is 29.5 Å². The first-order valence-corrected chi connectivity index (χ1v) is 24.7. The molecule has 8 rings (SSSR count). The van der Waals surface area contributed by atoms with Crippen molar-refractivity contribution in [1.29, 1.82) is 0 Å². The predicted octanol–water partition coefficient (Wildman–Crippen LogP) is 10.5. The number of amides is 1. The number of rotatable bonds is 20. The molecule has 11 heteroatoms.